The zero-order valence-electron chi connectivity index (χ0n) is 16.6. The highest BCUT2D eigenvalue weighted by Crippen LogP contribution is 2.31. The number of nitrogens with zero attached hydrogens (tertiary/aromatic N) is 6. The predicted octanol–water partition coefficient (Wildman–Crippen LogP) is 2.37. The monoisotopic (exact) mass is 402 g/mol. The molecule has 1 fully saturated rings. The largest absolute Gasteiger partial charge is 0.497 e. The molecule has 4 aromatic rings. The second kappa shape index (κ2) is 7.96. The molecule has 0 aliphatic carbocycles. The van der Waals surface area contributed by atoms with Crippen molar-refractivity contribution in [3.05, 3.63) is 55.1 Å². The molecule has 1 aliphatic rings. The number of pyridine rings is 1. The fourth-order valence-electron chi connectivity index (χ4n) is 3.60. The van der Waals surface area contributed by atoms with Crippen LogP contribution in [0.1, 0.15) is 0 Å². The molecule has 0 atom stereocenters. The number of hydrogen-bond donors (Lipinski definition) is 2. The molecule has 1 saturated heterocycles. The Hall–Kier alpha value is -3.72. The highest BCUT2D eigenvalue weighted by molar-refractivity contribution is 5.93. The molecule has 2 N–H and O–H groups in total. The molecule has 9 heteroatoms. The molecular formula is C21H22N8O. The summed E-state index contributed by atoms with van der Waals surface area (Å²) >= 11 is 0. The Kier molecular flexibility index (Phi) is 4.86. The van der Waals surface area contributed by atoms with Gasteiger partial charge >= 0.3 is 0 Å². The third kappa shape index (κ3) is 3.50. The van der Waals surface area contributed by atoms with Gasteiger partial charge in [-0.1, -0.05) is 0 Å². The summed E-state index contributed by atoms with van der Waals surface area (Å²) in [6.45, 7) is 3.78. The fourth-order valence-corrected chi connectivity index (χ4v) is 3.60. The van der Waals surface area contributed by atoms with Gasteiger partial charge < -0.3 is 20.3 Å². The summed E-state index contributed by atoms with van der Waals surface area (Å²) in [7, 11) is 1.66. The number of rotatable bonds is 5. The molecule has 0 amide bonds. The molecule has 1 aromatic carbocycles. The Bertz CT molecular complexity index is 1150. The van der Waals surface area contributed by atoms with Crippen molar-refractivity contribution < 1.29 is 4.74 Å². The van der Waals surface area contributed by atoms with E-state index in [0.717, 1.165) is 54.3 Å². The van der Waals surface area contributed by atoms with Gasteiger partial charge in [-0.05, 0) is 18.2 Å². The minimum Gasteiger partial charge on any atom is -0.497 e. The summed E-state index contributed by atoms with van der Waals surface area (Å²) < 4.78 is 7.35. The van der Waals surface area contributed by atoms with Crippen molar-refractivity contribution in [3.8, 4) is 11.4 Å². The Morgan fingerprint density at radius 1 is 1.03 bits per heavy atom. The zero-order chi connectivity index (χ0) is 20.3. The number of benzene rings is 1. The number of methoxy groups -OCH3 is 1. The van der Waals surface area contributed by atoms with Crippen LogP contribution >= 0.6 is 0 Å². The lowest BCUT2D eigenvalue weighted by atomic mass is 10.2. The highest BCUT2D eigenvalue weighted by atomic mass is 16.5. The molecule has 152 valence electrons. The molecule has 9 nitrogen and oxygen atoms in total. The summed E-state index contributed by atoms with van der Waals surface area (Å²) in [6.07, 6.45) is 6.79. The van der Waals surface area contributed by atoms with E-state index in [9.17, 15) is 0 Å². The van der Waals surface area contributed by atoms with E-state index < -0.39 is 0 Å². The second-order valence-corrected chi connectivity index (χ2v) is 6.97. The molecule has 5 rings (SSSR count). The average molecular weight is 402 g/mol. The topological polar surface area (TPSA) is 93.0 Å². The van der Waals surface area contributed by atoms with Crippen molar-refractivity contribution in [2.75, 3.05) is 43.5 Å². The number of aromatic nitrogens is 5. The van der Waals surface area contributed by atoms with E-state index in [2.05, 4.69) is 36.6 Å². The SMILES string of the molecule is COc1ccc2c(Nc3cnccn3)nn(-c3ccnc(N4CCNCC4)c3)c2c1. The Morgan fingerprint density at radius 3 is 2.73 bits per heavy atom. The first-order chi connectivity index (χ1) is 14.8. The standard InChI is InChI=1S/C21H22N8O/c1-30-16-2-3-17-18(13-16)29(27-21(17)26-19-14-23-6-7-24-19)15-4-5-25-20(12-15)28-10-8-22-9-11-28/h2-7,12-14,22H,8-11H2,1H3,(H,24,26,27). The first-order valence-electron chi connectivity index (χ1n) is 9.84. The smallest absolute Gasteiger partial charge is 0.162 e. The van der Waals surface area contributed by atoms with Crippen molar-refractivity contribution in [2.45, 2.75) is 0 Å². The van der Waals surface area contributed by atoms with Crippen LogP contribution in [0.5, 0.6) is 5.75 Å². The van der Waals surface area contributed by atoms with E-state index in [0.29, 0.717) is 11.6 Å². The minimum absolute atomic E-state index is 0.635. The van der Waals surface area contributed by atoms with E-state index in [1.54, 1.807) is 25.7 Å². The number of anilines is 3. The van der Waals surface area contributed by atoms with Gasteiger partial charge in [-0.25, -0.2) is 14.6 Å². The summed E-state index contributed by atoms with van der Waals surface area (Å²) in [5.41, 5.74) is 1.86. The van der Waals surface area contributed by atoms with E-state index in [1.165, 1.54) is 0 Å². The maximum atomic E-state index is 5.45. The van der Waals surface area contributed by atoms with Crippen LogP contribution in [-0.4, -0.2) is 58.0 Å². The highest BCUT2D eigenvalue weighted by Gasteiger charge is 2.16. The molecule has 3 aromatic heterocycles. The second-order valence-electron chi connectivity index (χ2n) is 6.97. The molecule has 4 heterocycles. The molecule has 0 bridgehead atoms. The Morgan fingerprint density at radius 2 is 1.93 bits per heavy atom. The lowest BCUT2D eigenvalue weighted by Crippen LogP contribution is -2.43. The van der Waals surface area contributed by atoms with Crippen molar-refractivity contribution in [3.63, 3.8) is 0 Å². The first-order valence-corrected chi connectivity index (χ1v) is 9.84. The number of hydrogen-bond acceptors (Lipinski definition) is 8. The van der Waals surface area contributed by atoms with E-state index >= 15 is 0 Å². The van der Waals surface area contributed by atoms with Crippen LogP contribution in [0, 0.1) is 0 Å². The Balaban J connectivity index is 1.59. The van der Waals surface area contributed by atoms with Gasteiger partial charge in [-0.15, -0.1) is 5.10 Å². The van der Waals surface area contributed by atoms with Crippen LogP contribution in [0.3, 0.4) is 0 Å². The van der Waals surface area contributed by atoms with Gasteiger partial charge in [-0.2, -0.15) is 0 Å². The van der Waals surface area contributed by atoms with Gasteiger partial charge in [0, 0.05) is 62.3 Å². The molecular weight excluding hydrogens is 380 g/mol. The quantitative estimate of drug-likeness (QED) is 0.526. The maximum Gasteiger partial charge on any atom is 0.162 e. The van der Waals surface area contributed by atoms with Crippen LogP contribution in [-0.2, 0) is 0 Å². The van der Waals surface area contributed by atoms with E-state index in [4.69, 9.17) is 9.84 Å². The lowest BCUT2D eigenvalue weighted by Gasteiger charge is -2.28. The molecule has 0 radical (unpaired) electrons. The third-order valence-corrected chi connectivity index (χ3v) is 5.11. The van der Waals surface area contributed by atoms with Gasteiger partial charge in [0.05, 0.1) is 24.5 Å². The summed E-state index contributed by atoms with van der Waals surface area (Å²) in [4.78, 5) is 15.3. The summed E-state index contributed by atoms with van der Waals surface area (Å²) in [5.74, 6) is 3.06. The fraction of sp³-hybridized carbons (Fsp3) is 0.238. The molecule has 0 saturated carbocycles. The molecule has 0 spiro atoms. The van der Waals surface area contributed by atoms with Crippen molar-refractivity contribution in [1.82, 2.24) is 30.0 Å². The van der Waals surface area contributed by atoms with Crippen LogP contribution < -0.4 is 20.3 Å². The van der Waals surface area contributed by atoms with Gasteiger partial charge in [0.2, 0.25) is 0 Å². The maximum absolute atomic E-state index is 5.45. The van der Waals surface area contributed by atoms with Crippen LogP contribution in [0.2, 0.25) is 0 Å². The van der Waals surface area contributed by atoms with Crippen LogP contribution in [0.4, 0.5) is 17.5 Å². The number of fused-ring (bicyclic) bond motifs is 1. The molecule has 1 aliphatic heterocycles. The van der Waals surface area contributed by atoms with Crippen LogP contribution in [0.15, 0.2) is 55.1 Å². The predicted molar refractivity (Wildman–Crippen MR) is 116 cm³/mol. The summed E-state index contributed by atoms with van der Waals surface area (Å²) in [5, 5.41) is 12.4. The minimum atomic E-state index is 0.635. The molecule has 30 heavy (non-hydrogen) atoms. The van der Waals surface area contributed by atoms with Gasteiger partial charge in [-0.3, -0.25) is 4.98 Å². The van der Waals surface area contributed by atoms with Gasteiger partial charge in [0.15, 0.2) is 5.82 Å². The van der Waals surface area contributed by atoms with Gasteiger partial charge in [0.25, 0.3) is 0 Å². The lowest BCUT2D eigenvalue weighted by molar-refractivity contribution is 0.415. The van der Waals surface area contributed by atoms with Gasteiger partial charge in [0.1, 0.15) is 17.4 Å². The van der Waals surface area contributed by atoms with Crippen molar-refractivity contribution in [1.29, 1.82) is 0 Å². The van der Waals surface area contributed by atoms with Crippen molar-refractivity contribution >= 4 is 28.4 Å². The van der Waals surface area contributed by atoms with E-state index in [1.807, 2.05) is 35.1 Å². The normalized spacial score (nSPS) is 14.1. The number of piperazine rings is 1. The molecule has 0 unspecified atom stereocenters. The van der Waals surface area contributed by atoms with Crippen LogP contribution in [0.25, 0.3) is 16.6 Å². The Labute approximate surface area is 173 Å². The third-order valence-electron chi connectivity index (χ3n) is 5.11. The average Bonchev–Trinajstić information content (AvgIpc) is 3.18. The van der Waals surface area contributed by atoms with E-state index in [-0.39, 0.29) is 0 Å². The first kappa shape index (κ1) is 18.3. The number of ether oxygens (including phenoxy) is 1. The zero-order valence-corrected chi connectivity index (χ0v) is 16.6. The van der Waals surface area contributed by atoms with Crippen molar-refractivity contribution in [2.24, 2.45) is 0 Å². The summed E-state index contributed by atoms with van der Waals surface area (Å²) in [6, 6.07) is 9.94. The number of nitrogens with one attached hydrogen (secondary N) is 2.